The number of carboxylic acid groups (broad SMARTS) is 1. The van der Waals surface area contributed by atoms with E-state index in [-0.39, 0.29) is 18.1 Å². The van der Waals surface area contributed by atoms with Crippen molar-refractivity contribution >= 4 is 11.9 Å². The molecule has 0 radical (unpaired) electrons. The van der Waals surface area contributed by atoms with Crippen LogP contribution in [0.2, 0.25) is 0 Å². The topological polar surface area (TPSA) is 109 Å². The quantitative estimate of drug-likeness (QED) is 0.745. The Labute approximate surface area is 181 Å². The molecule has 2 fully saturated rings. The van der Waals surface area contributed by atoms with Crippen LogP contribution in [0.3, 0.4) is 0 Å². The van der Waals surface area contributed by atoms with Gasteiger partial charge >= 0.3 is 12.1 Å². The van der Waals surface area contributed by atoms with Gasteiger partial charge in [0.15, 0.2) is 0 Å². The van der Waals surface area contributed by atoms with Gasteiger partial charge in [-0.3, -0.25) is 14.7 Å². The van der Waals surface area contributed by atoms with Gasteiger partial charge in [-0.15, -0.1) is 0 Å². The molecule has 2 aliphatic heterocycles. The van der Waals surface area contributed by atoms with Crippen molar-refractivity contribution in [1.82, 2.24) is 19.8 Å². The van der Waals surface area contributed by atoms with Crippen LogP contribution in [0.15, 0.2) is 41.4 Å². The minimum Gasteiger partial charge on any atom is -0.475 e. The van der Waals surface area contributed by atoms with Crippen LogP contribution in [0, 0.1) is 5.92 Å². The molecule has 0 unspecified atom stereocenters. The van der Waals surface area contributed by atoms with E-state index in [1.54, 1.807) is 25.8 Å². The average Bonchev–Trinajstić information content (AvgIpc) is 3.43. The highest BCUT2D eigenvalue weighted by Crippen LogP contribution is 2.34. The molecule has 0 aromatic carbocycles. The predicted molar refractivity (Wildman–Crippen MR) is 103 cm³/mol. The number of aliphatic carboxylic acids is 1. The van der Waals surface area contributed by atoms with Gasteiger partial charge in [0, 0.05) is 45.1 Å². The van der Waals surface area contributed by atoms with Gasteiger partial charge in [0.25, 0.3) is 5.91 Å². The van der Waals surface area contributed by atoms with E-state index in [2.05, 4.69) is 14.9 Å². The fourth-order valence-electron chi connectivity index (χ4n) is 4.09. The molecule has 1 N–H and O–H groups in total. The fourth-order valence-corrected chi connectivity index (χ4v) is 4.09. The lowest BCUT2D eigenvalue weighted by molar-refractivity contribution is -0.192. The van der Waals surface area contributed by atoms with Crippen LogP contribution in [0.4, 0.5) is 13.2 Å². The number of ether oxygens (including phenoxy) is 1. The van der Waals surface area contributed by atoms with Crippen LogP contribution in [0.5, 0.6) is 0 Å². The first-order valence-electron chi connectivity index (χ1n) is 9.85. The van der Waals surface area contributed by atoms with Gasteiger partial charge in [0.2, 0.25) is 0 Å². The third-order valence-electron chi connectivity index (χ3n) is 5.49. The number of hydrogen-bond acceptors (Lipinski definition) is 7. The van der Waals surface area contributed by atoms with Crippen LogP contribution < -0.4 is 0 Å². The molecule has 2 aromatic rings. The highest BCUT2D eigenvalue weighted by molar-refractivity contribution is 5.92. The highest BCUT2D eigenvalue weighted by atomic mass is 19.4. The molecule has 4 heterocycles. The van der Waals surface area contributed by atoms with Crippen molar-refractivity contribution < 1.29 is 37.0 Å². The number of carbonyl (C=O) groups is 2. The lowest BCUT2D eigenvalue weighted by atomic mass is 9.89. The van der Waals surface area contributed by atoms with Crippen LogP contribution >= 0.6 is 0 Å². The lowest BCUT2D eigenvalue weighted by Crippen LogP contribution is -2.53. The number of aromatic nitrogens is 2. The molecule has 2 aliphatic rings. The Hall–Kier alpha value is -2.99. The van der Waals surface area contributed by atoms with Crippen molar-refractivity contribution in [2.24, 2.45) is 5.92 Å². The lowest BCUT2D eigenvalue weighted by Gasteiger charge is -2.40. The second kappa shape index (κ2) is 10.1. The Bertz CT molecular complexity index is 894. The zero-order chi connectivity index (χ0) is 23.3. The van der Waals surface area contributed by atoms with Gasteiger partial charge in [-0.2, -0.15) is 13.2 Å². The standard InChI is InChI=1S/C18H22N4O3.C2HF3O2/c1-24-17-4-7-22(18(23)15-9-19-5-6-20-15)16-12-21(11-14(16)17)10-13-3-2-8-25-13;3-2(4,5)1(6)7/h2-3,5-6,8-9,14,16-17H,4,7,10-12H2,1H3;(H,6,7)/t14-,16+,17+;/m0./s1. The second-order valence-corrected chi connectivity index (χ2v) is 7.46. The van der Waals surface area contributed by atoms with E-state index >= 15 is 0 Å². The Kier molecular flexibility index (Phi) is 7.46. The number of piperidine rings is 1. The molecule has 0 aliphatic carbocycles. The smallest absolute Gasteiger partial charge is 0.475 e. The summed E-state index contributed by atoms with van der Waals surface area (Å²) in [5.41, 5.74) is 0.404. The summed E-state index contributed by atoms with van der Waals surface area (Å²) < 4.78 is 42.9. The van der Waals surface area contributed by atoms with Gasteiger partial charge in [-0.05, 0) is 18.6 Å². The molecular formula is C20H23F3N4O5. The first-order chi connectivity index (χ1) is 15.2. The molecule has 1 amide bonds. The van der Waals surface area contributed by atoms with Crippen molar-refractivity contribution in [2.75, 3.05) is 26.7 Å². The molecule has 2 aromatic heterocycles. The third-order valence-corrected chi connectivity index (χ3v) is 5.49. The van der Waals surface area contributed by atoms with Crippen LogP contribution in [-0.2, 0) is 16.1 Å². The Morgan fingerprint density at radius 2 is 2.06 bits per heavy atom. The SMILES string of the molecule is CO[C@@H]1CCN(C(=O)c2cnccn2)[C@@H]2CN(Cc3ccco3)C[C@@H]21.O=C(O)C(F)(F)F. The molecule has 0 spiro atoms. The van der Waals surface area contributed by atoms with E-state index in [9.17, 15) is 18.0 Å². The van der Waals surface area contributed by atoms with E-state index in [1.807, 2.05) is 17.0 Å². The number of carbonyl (C=O) groups excluding carboxylic acids is 1. The normalized spacial score (nSPS) is 23.2. The van der Waals surface area contributed by atoms with Gasteiger partial charge in [0.1, 0.15) is 11.5 Å². The first kappa shape index (κ1) is 23.7. The molecule has 12 heteroatoms. The van der Waals surface area contributed by atoms with E-state index in [1.165, 1.54) is 6.20 Å². The summed E-state index contributed by atoms with van der Waals surface area (Å²) in [5.74, 6) is -1.56. The summed E-state index contributed by atoms with van der Waals surface area (Å²) in [7, 11) is 1.76. The zero-order valence-corrected chi connectivity index (χ0v) is 17.2. The first-order valence-corrected chi connectivity index (χ1v) is 9.85. The van der Waals surface area contributed by atoms with Crippen molar-refractivity contribution in [3.8, 4) is 0 Å². The summed E-state index contributed by atoms with van der Waals surface area (Å²) in [6.45, 7) is 3.15. The number of fused-ring (bicyclic) bond motifs is 1. The number of halogens is 3. The van der Waals surface area contributed by atoms with Gasteiger partial charge in [-0.25, -0.2) is 9.78 Å². The summed E-state index contributed by atoms with van der Waals surface area (Å²) in [6, 6.07) is 4.02. The van der Waals surface area contributed by atoms with Gasteiger partial charge < -0.3 is 19.2 Å². The van der Waals surface area contributed by atoms with E-state index < -0.39 is 12.1 Å². The summed E-state index contributed by atoms with van der Waals surface area (Å²) in [5, 5.41) is 7.12. The number of nitrogens with zero attached hydrogens (tertiary/aromatic N) is 4. The average molecular weight is 456 g/mol. The number of amides is 1. The number of hydrogen-bond donors (Lipinski definition) is 1. The number of carboxylic acids is 1. The molecule has 4 rings (SSSR count). The Morgan fingerprint density at radius 3 is 2.62 bits per heavy atom. The summed E-state index contributed by atoms with van der Waals surface area (Å²) in [6.07, 6.45) is 2.31. The molecule has 174 valence electrons. The fraction of sp³-hybridized carbons (Fsp3) is 0.500. The maximum atomic E-state index is 12.9. The molecule has 9 nitrogen and oxygen atoms in total. The maximum absolute atomic E-state index is 12.9. The molecule has 0 bridgehead atoms. The zero-order valence-electron chi connectivity index (χ0n) is 17.2. The highest BCUT2D eigenvalue weighted by Gasteiger charge is 2.46. The number of methoxy groups -OCH3 is 1. The summed E-state index contributed by atoms with van der Waals surface area (Å²) in [4.78, 5) is 34.3. The van der Waals surface area contributed by atoms with Crippen LogP contribution in [0.1, 0.15) is 22.7 Å². The second-order valence-electron chi connectivity index (χ2n) is 7.46. The van der Waals surface area contributed by atoms with Crippen molar-refractivity contribution in [3.05, 3.63) is 48.4 Å². The summed E-state index contributed by atoms with van der Waals surface area (Å²) >= 11 is 0. The van der Waals surface area contributed by atoms with E-state index in [0.717, 1.165) is 31.8 Å². The minimum absolute atomic E-state index is 0.0440. The third kappa shape index (κ3) is 5.62. The molecule has 0 saturated carbocycles. The van der Waals surface area contributed by atoms with Gasteiger partial charge in [-0.1, -0.05) is 0 Å². The predicted octanol–water partition coefficient (Wildman–Crippen LogP) is 2.06. The van der Waals surface area contributed by atoms with E-state index in [0.29, 0.717) is 18.2 Å². The maximum Gasteiger partial charge on any atom is 0.490 e. The van der Waals surface area contributed by atoms with Crippen LogP contribution in [-0.4, -0.2) is 81.8 Å². The van der Waals surface area contributed by atoms with Crippen molar-refractivity contribution in [3.63, 3.8) is 0 Å². The van der Waals surface area contributed by atoms with Crippen molar-refractivity contribution in [1.29, 1.82) is 0 Å². The van der Waals surface area contributed by atoms with Crippen LogP contribution in [0.25, 0.3) is 0 Å². The molecular weight excluding hydrogens is 433 g/mol. The Balaban J connectivity index is 0.000000360. The number of likely N-dealkylation sites (tertiary alicyclic amines) is 2. The van der Waals surface area contributed by atoms with Crippen molar-refractivity contribution in [2.45, 2.75) is 31.3 Å². The number of furan rings is 1. The van der Waals surface area contributed by atoms with Gasteiger partial charge in [0.05, 0.1) is 31.2 Å². The number of alkyl halides is 3. The number of rotatable bonds is 4. The Morgan fingerprint density at radius 1 is 1.31 bits per heavy atom. The molecule has 3 atom stereocenters. The molecule has 2 saturated heterocycles. The largest absolute Gasteiger partial charge is 0.490 e. The monoisotopic (exact) mass is 456 g/mol. The van der Waals surface area contributed by atoms with E-state index in [4.69, 9.17) is 19.1 Å². The molecule has 32 heavy (non-hydrogen) atoms. The minimum atomic E-state index is -5.08.